The van der Waals surface area contributed by atoms with Crippen LogP contribution in [-0.2, 0) is 14.3 Å². The number of carbonyl (C=O) groups is 2. The first kappa shape index (κ1) is 25.6. The Bertz CT molecular complexity index is 1050. The molecule has 36 heavy (non-hydrogen) atoms. The van der Waals surface area contributed by atoms with E-state index < -0.39 is 5.92 Å². The first-order valence-corrected chi connectivity index (χ1v) is 12.6. The Hall–Kier alpha value is -3.46. The third kappa shape index (κ3) is 5.84. The van der Waals surface area contributed by atoms with Crippen LogP contribution < -0.4 is 29.3 Å². The SMILES string of the molecule is CCOc1ccc(N2C[C@@H](C(=O)Nc3cc(OCC)c(N4CCOCC4)cc3OCC)CC2=O)cc1. The Kier molecular flexibility index (Phi) is 8.53. The molecule has 9 heteroatoms. The van der Waals surface area contributed by atoms with Crippen molar-refractivity contribution in [3.8, 4) is 17.2 Å². The monoisotopic (exact) mass is 497 g/mol. The minimum absolute atomic E-state index is 0.0815. The van der Waals surface area contributed by atoms with Crippen molar-refractivity contribution in [2.45, 2.75) is 27.2 Å². The predicted molar refractivity (Wildman–Crippen MR) is 139 cm³/mol. The van der Waals surface area contributed by atoms with Crippen molar-refractivity contribution in [3.05, 3.63) is 36.4 Å². The third-order valence-corrected chi connectivity index (χ3v) is 6.23. The quantitative estimate of drug-likeness (QED) is 0.535. The summed E-state index contributed by atoms with van der Waals surface area (Å²) in [6.07, 6.45) is 0.146. The predicted octanol–water partition coefficient (Wildman–Crippen LogP) is 3.71. The van der Waals surface area contributed by atoms with Gasteiger partial charge in [0, 0.05) is 43.9 Å². The average molecular weight is 498 g/mol. The van der Waals surface area contributed by atoms with E-state index >= 15 is 0 Å². The number of nitrogens with one attached hydrogen (secondary N) is 1. The Morgan fingerprint density at radius 3 is 2.31 bits per heavy atom. The molecule has 2 aromatic rings. The van der Waals surface area contributed by atoms with Crippen molar-refractivity contribution in [2.24, 2.45) is 5.92 Å². The molecule has 2 saturated heterocycles. The molecule has 0 aliphatic carbocycles. The number of morpholine rings is 1. The topological polar surface area (TPSA) is 89.6 Å². The highest BCUT2D eigenvalue weighted by Crippen LogP contribution is 2.40. The van der Waals surface area contributed by atoms with Crippen LogP contribution >= 0.6 is 0 Å². The number of anilines is 3. The van der Waals surface area contributed by atoms with Crippen molar-refractivity contribution in [1.82, 2.24) is 0 Å². The summed E-state index contributed by atoms with van der Waals surface area (Å²) in [4.78, 5) is 29.8. The molecule has 194 valence electrons. The number of carbonyl (C=O) groups excluding carboxylic acids is 2. The van der Waals surface area contributed by atoms with Crippen molar-refractivity contribution in [3.63, 3.8) is 0 Å². The zero-order valence-corrected chi connectivity index (χ0v) is 21.2. The lowest BCUT2D eigenvalue weighted by Gasteiger charge is -2.31. The number of rotatable bonds is 10. The van der Waals surface area contributed by atoms with Crippen LogP contribution in [0, 0.1) is 5.92 Å². The largest absolute Gasteiger partial charge is 0.494 e. The van der Waals surface area contributed by atoms with Gasteiger partial charge in [-0.1, -0.05) is 0 Å². The number of ether oxygens (including phenoxy) is 4. The van der Waals surface area contributed by atoms with E-state index in [1.807, 2.05) is 57.2 Å². The fourth-order valence-electron chi connectivity index (χ4n) is 4.50. The molecule has 2 aliphatic rings. The molecule has 0 aromatic heterocycles. The first-order valence-electron chi connectivity index (χ1n) is 12.6. The van der Waals surface area contributed by atoms with Crippen molar-refractivity contribution in [1.29, 1.82) is 0 Å². The standard InChI is InChI=1S/C27H35N3O6/c1-4-34-21-9-7-20(8-10-21)30-18-19(15-26(30)31)27(32)28-22-16-25(36-6-3)23(17-24(22)35-5-2)29-11-13-33-14-12-29/h7-10,16-17,19H,4-6,11-15,18H2,1-3H3,(H,28,32)/t19-/m0/s1. The van der Waals surface area contributed by atoms with Gasteiger partial charge in [0.1, 0.15) is 17.2 Å². The molecule has 2 amide bonds. The zero-order valence-electron chi connectivity index (χ0n) is 21.2. The molecular formula is C27H35N3O6. The van der Waals surface area contributed by atoms with Crippen LogP contribution in [0.15, 0.2) is 36.4 Å². The second-order valence-electron chi connectivity index (χ2n) is 8.60. The maximum Gasteiger partial charge on any atom is 0.229 e. The van der Waals surface area contributed by atoms with Crippen LogP contribution in [0.4, 0.5) is 17.1 Å². The summed E-state index contributed by atoms with van der Waals surface area (Å²) >= 11 is 0. The fraction of sp³-hybridized carbons (Fsp3) is 0.481. The lowest BCUT2D eigenvalue weighted by molar-refractivity contribution is -0.122. The van der Waals surface area contributed by atoms with Crippen LogP contribution in [0.3, 0.4) is 0 Å². The number of amides is 2. The molecule has 2 fully saturated rings. The molecule has 9 nitrogen and oxygen atoms in total. The molecule has 0 unspecified atom stereocenters. The van der Waals surface area contributed by atoms with E-state index in [1.54, 1.807) is 4.90 Å². The highest BCUT2D eigenvalue weighted by atomic mass is 16.5. The highest BCUT2D eigenvalue weighted by Gasteiger charge is 2.35. The van der Waals surface area contributed by atoms with Gasteiger partial charge in [-0.05, 0) is 45.0 Å². The van der Waals surface area contributed by atoms with E-state index in [-0.39, 0.29) is 18.2 Å². The van der Waals surface area contributed by atoms with E-state index in [9.17, 15) is 9.59 Å². The number of benzene rings is 2. The zero-order chi connectivity index (χ0) is 25.5. The van der Waals surface area contributed by atoms with Gasteiger partial charge in [-0.2, -0.15) is 0 Å². The normalized spacial score (nSPS) is 17.8. The summed E-state index contributed by atoms with van der Waals surface area (Å²) in [7, 11) is 0. The maximum absolute atomic E-state index is 13.3. The molecule has 0 spiro atoms. The van der Waals surface area contributed by atoms with E-state index in [1.165, 1.54) is 0 Å². The Morgan fingerprint density at radius 1 is 0.972 bits per heavy atom. The maximum atomic E-state index is 13.3. The van der Waals surface area contributed by atoms with Gasteiger partial charge in [-0.3, -0.25) is 9.59 Å². The lowest BCUT2D eigenvalue weighted by atomic mass is 10.1. The van der Waals surface area contributed by atoms with Gasteiger partial charge in [-0.15, -0.1) is 0 Å². The molecule has 1 atom stereocenters. The van der Waals surface area contributed by atoms with Crippen LogP contribution in [0.5, 0.6) is 17.2 Å². The smallest absolute Gasteiger partial charge is 0.229 e. The summed E-state index contributed by atoms with van der Waals surface area (Å²) < 4.78 is 22.8. The number of hydrogen-bond acceptors (Lipinski definition) is 7. The minimum Gasteiger partial charge on any atom is -0.494 e. The van der Waals surface area contributed by atoms with Crippen LogP contribution in [0.25, 0.3) is 0 Å². The molecule has 0 bridgehead atoms. The van der Waals surface area contributed by atoms with E-state index in [2.05, 4.69) is 10.2 Å². The molecule has 2 aliphatic heterocycles. The Labute approximate surface area is 212 Å². The molecule has 0 radical (unpaired) electrons. The van der Waals surface area contributed by atoms with Crippen molar-refractivity contribution >= 4 is 28.9 Å². The Morgan fingerprint density at radius 2 is 1.64 bits per heavy atom. The summed E-state index contributed by atoms with van der Waals surface area (Å²) in [6, 6.07) is 11.1. The van der Waals surface area contributed by atoms with Crippen molar-refractivity contribution in [2.75, 3.05) is 67.8 Å². The van der Waals surface area contributed by atoms with Crippen LogP contribution in [0.2, 0.25) is 0 Å². The average Bonchev–Trinajstić information content (AvgIpc) is 3.28. The van der Waals surface area contributed by atoms with Crippen LogP contribution in [0.1, 0.15) is 27.2 Å². The minimum atomic E-state index is -0.479. The molecule has 1 N–H and O–H groups in total. The first-order chi connectivity index (χ1) is 17.5. The number of nitrogens with zero attached hydrogens (tertiary/aromatic N) is 2. The lowest BCUT2D eigenvalue weighted by Crippen LogP contribution is -2.36. The summed E-state index contributed by atoms with van der Waals surface area (Å²) in [6.45, 7) is 10.4. The summed E-state index contributed by atoms with van der Waals surface area (Å²) in [5.41, 5.74) is 2.20. The van der Waals surface area contributed by atoms with Gasteiger partial charge >= 0.3 is 0 Å². The van der Waals surface area contributed by atoms with Gasteiger partial charge in [0.25, 0.3) is 0 Å². The molecule has 2 aromatic carbocycles. The molecule has 4 rings (SSSR count). The summed E-state index contributed by atoms with van der Waals surface area (Å²) in [5, 5.41) is 3.00. The fourth-order valence-corrected chi connectivity index (χ4v) is 4.50. The third-order valence-electron chi connectivity index (χ3n) is 6.23. The van der Waals surface area contributed by atoms with Gasteiger partial charge < -0.3 is 34.1 Å². The second-order valence-corrected chi connectivity index (χ2v) is 8.60. The van der Waals surface area contributed by atoms with Gasteiger partial charge in [0.05, 0.1) is 50.3 Å². The van der Waals surface area contributed by atoms with E-state index in [4.69, 9.17) is 18.9 Å². The van der Waals surface area contributed by atoms with Gasteiger partial charge in [0.15, 0.2) is 0 Å². The van der Waals surface area contributed by atoms with E-state index in [0.717, 1.165) is 30.2 Å². The van der Waals surface area contributed by atoms with Crippen molar-refractivity contribution < 1.29 is 28.5 Å². The van der Waals surface area contributed by atoms with Crippen LogP contribution in [-0.4, -0.2) is 64.5 Å². The second kappa shape index (κ2) is 12.0. The number of hydrogen-bond donors (Lipinski definition) is 1. The molecular weight excluding hydrogens is 462 g/mol. The highest BCUT2D eigenvalue weighted by molar-refractivity contribution is 6.04. The Balaban J connectivity index is 1.51. The van der Waals surface area contributed by atoms with Gasteiger partial charge in [-0.25, -0.2) is 0 Å². The molecule has 0 saturated carbocycles. The molecule has 2 heterocycles. The van der Waals surface area contributed by atoms with Gasteiger partial charge in [0.2, 0.25) is 11.8 Å². The van der Waals surface area contributed by atoms with E-state index in [0.29, 0.717) is 56.8 Å². The summed E-state index contributed by atoms with van der Waals surface area (Å²) in [5.74, 6) is 1.21.